The fourth-order valence-corrected chi connectivity index (χ4v) is 14.1. The molecule has 0 bridgehead atoms. The first-order valence-electron chi connectivity index (χ1n) is 22.5. The Kier molecular flexibility index (Phi) is 11.6. The van der Waals surface area contributed by atoms with Crippen molar-refractivity contribution >= 4 is 0 Å². The monoisotopic (exact) mass is 642 g/mol. The summed E-state index contributed by atoms with van der Waals surface area (Å²) >= 11 is 0. The standard InChI is InChI=1S/C46H75N/c1-4-14-36(15-5-1)45(37-16-6-2-7-17-37)32-34-24-28-39(29-25-34)47(38-18-8-3-9-19-38)40-30-26-35(27-31-40)33-46-43-22-12-10-20-41(43)42-21-11-13-23-44(42)46/h32-44H,1-31H2. The Hall–Kier alpha value is -0.560. The fourth-order valence-electron chi connectivity index (χ4n) is 14.1. The molecule has 264 valence electrons. The van der Waals surface area contributed by atoms with Gasteiger partial charge in [0.05, 0.1) is 0 Å². The summed E-state index contributed by atoms with van der Waals surface area (Å²) in [5.41, 5.74) is 4.02. The highest BCUT2D eigenvalue weighted by molar-refractivity contribution is 5.23. The lowest BCUT2D eigenvalue weighted by atomic mass is 9.71. The average molecular weight is 642 g/mol. The molecule has 47 heavy (non-hydrogen) atoms. The minimum atomic E-state index is 0.885. The molecule has 1 nitrogen and oxygen atoms in total. The molecule has 4 unspecified atom stereocenters. The predicted octanol–water partition coefficient (Wildman–Crippen LogP) is 13.4. The second-order valence-electron chi connectivity index (χ2n) is 19.0. The SMILES string of the molecule is C(=C(C1CCCCC1)C1CCCCC1)C1CCC(N(C2CCCCC2)C2CCC(C=C3C4CCCCC4C4CCCCC34)CC2)CC1. The molecule has 0 heterocycles. The molecule has 0 aliphatic heterocycles. The van der Waals surface area contributed by atoms with Gasteiger partial charge in [0, 0.05) is 18.1 Å². The van der Waals surface area contributed by atoms with Crippen LogP contribution in [0.1, 0.15) is 199 Å². The van der Waals surface area contributed by atoms with E-state index in [1.807, 2.05) is 11.1 Å². The Bertz CT molecular complexity index is 947. The third-order valence-electron chi connectivity index (χ3n) is 16.4. The first-order valence-corrected chi connectivity index (χ1v) is 22.5. The number of allylic oxidation sites excluding steroid dienone is 4. The summed E-state index contributed by atoms with van der Waals surface area (Å²) in [5, 5.41) is 0. The smallest absolute Gasteiger partial charge is 0.0102 e. The van der Waals surface area contributed by atoms with E-state index in [-0.39, 0.29) is 0 Å². The van der Waals surface area contributed by atoms with E-state index in [9.17, 15) is 0 Å². The van der Waals surface area contributed by atoms with Crippen molar-refractivity contribution in [1.29, 1.82) is 0 Å². The molecule has 8 fully saturated rings. The van der Waals surface area contributed by atoms with Crippen LogP contribution in [0.2, 0.25) is 0 Å². The van der Waals surface area contributed by atoms with Gasteiger partial charge in [0.2, 0.25) is 0 Å². The Morgan fingerprint density at radius 2 is 0.787 bits per heavy atom. The summed E-state index contributed by atoms with van der Waals surface area (Å²) in [6.07, 6.45) is 52.7. The van der Waals surface area contributed by atoms with Crippen LogP contribution in [0, 0.1) is 47.3 Å². The summed E-state index contributed by atoms with van der Waals surface area (Å²) < 4.78 is 0. The molecule has 0 spiro atoms. The van der Waals surface area contributed by atoms with Crippen LogP contribution in [0.25, 0.3) is 0 Å². The molecular weight excluding hydrogens is 567 g/mol. The molecule has 4 atom stereocenters. The summed E-state index contributed by atoms with van der Waals surface area (Å²) in [6, 6.07) is 2.68. The third kappa shape index (κ3) is 7.71. The van der Waals surface area contributed by atoms with E-state index in [1.54, 1.807) is 12.8 Å². The highest BCUT2D eigenvalue weighted by Gasteiger charge is 2.48. The maximum absolute atomic E-state index is 3.26. The van der Waals surface area contributed by atoms with Gasteiger partial charge in [0.1, 0.15) is 0 Å². The van der Waals surface area contributed by atoms with Crippen LogP contribution in [0.3, 0.4) is 0 Å². The van der Waals surface area contributed by atoms with Crippen LogP contribution in [0.4, 0.5) is 0 Å². The predicted molar refractivity (Wildman–Crippen MR) is 200 cm³/mol. The van der Waals surface area contributed by atoms with Crippen molar-refractivity contribution < 1.29 is 0 Å². The fraction of sp³-hybridized carbons (Fsp3) is 0.913. The lowest BCUT2D eigenvalue weighted by Gasteiger charge is -2.49. The van der Waals surface area contributed by atoms with Crippen LogP contribution in [-0.2, 0) is 0 Å². The molecule has 8 aliphatic rings. The van der Waals surface area contributed by atoms with Gasteiger partial charge in [-0.2, -0.15) is 0 Å². The Labute approximate surface area is 291 Å². The largest absolute Gasteiger partial charge is 0.294 e. The molecule has 8 aliphatic carbocycles. The molecule has 0 amide bonds. The minimum absolute atomic E-state index is 0.885. The van der Waals surface area contributed by atoms with Gasteiger partial charge in [0.25, 0.3) is 0 Å². The Morgan fingerprint density at radius 3 is 1.30 bits per heavy atom. The number of hydrogen-bond donors (Lipinski definition) is 0. The van der Waals surface area contributed by atoms with Crippen LogP contribution in [0.5, 0.6) is 0 Å². The van der Waals surface area contributed by atoms with Gasteiger partial charge in [0.15, 0.2) is 0 Å². The van der Waals surface area contributed by atoms with Crippen molar-refractivity contribution in [3.8, 4) is 0 Å². The Balaban J connectivity index is 0.923. The molecule has 0 aromatic rings. The van der Waals surface area contributed by atoms with Crippen molar-refractivity contribution in [1.82, 2.24) is 4.90 Å². The summed E-state index contributed by atoms with van der Waals surface area (Å²) in [7, 11) is 0. The lowest BCUT2D eigenvalue weighted by Crippen LogP contribution is -2.52. The van der Waals surface area contributed by atoms with E-state index in [0.29, 0.717) is 0 Å². The zero-order valence-corrected chi connectivity index (χ0v) is 30.9. The van der Waals surface area contributed by atoms with Crippen molar-refractivity contribution in [2.24, 2.45) is 47.3 Å². The summed E-state index contributed by atoms with van der Waals surface area (Å²) in [4.78, 5) is 3.26. The van der Waals surface area contributed by atoms with Gasteiger partial charge in [-0.3, -0.25) is 4.90 Å². The molecule has 0 aromatic carbocycles. The number of hydrogen-bond acceptors (Lipinski definition) is 1. The van der Waals surface area contributed by atoms with Crippen molar-refractivity contribution in [2.75, 3.05) is 0 Å². The van der Waals surface area contributed by atoms with E-state index in [1.165, 1.54) is 186 Å². The first kappa shape index (κ1) is 33.6. The second-order valence-corrected chi connectivity index (χ2v) is 19.0. The summed E-state index contributed by atoms with van der Waals surface area (Å²) in [6.45, 7) is 0. The zero-order valence-electron chi connectivity index (χ0n) is 30.9. The second kappa shape index (κ2) is 16.2. The molecule has 8 rings (SSSR count). The van der Waals surface area contributed by atoms with Crippen molar-refractivity contribution in [2.45, 2.75) is 217 Å². The van der Waals surface area contributed by atoms with E-state index < -0.39 is 0 Å². The quantitative estimate of drug-likeness (QED) is 0.250. The first-order chi connectivity index (χ1) is 23.3. The molecular formula is C46H75N. The van der Waals surface area contributed by atoms with Crippen LogP contribution < -0.4 is 0 Å². The normalized spacial score (nSPS) is 39.7. The van der Waals surface area contributed by atoms with Gasteiger partial charge in [-0.15, -0.1) is 0 Å². The van der Waals surface area contributed by atoms with E-state index in [4.69, 9.17) is 0 Å². The highest BCUT2D eigenvalue weighted by atomic mass is 15.2. The zero-order chi connectivity index (χ0) is 31.4. The van der Waals surface area contributed by atoms with E-state index in [0.717, 1.165) is 65.5 Å². The molecule has 0 radical (unpaired) electrons. The third-order valence-corrected chi connectivity index (χ3v) is 16.4. The van der Waals surface area contributed by atoms with E-state index in [2.05, 4.69) is 17.1 Å². The van der Waals surface area contributed by atoms with Crippen LogP contribution >= 0.6 is 0 Å². The number of rotatable bonds is 7. The molecule has 8 saturated carbocycles. The van der Waals surface area contributed by atoms with Gasteiger partial charge in [-0.25, -0.2) is 0 Å². The topological polar surface area (TPSA) is 3.24 Å². The number of fused-ring (bicyclic) bond motifs is 3. The molecule has 0 saturated heterocycles. The van der Waals surface area contributed by atoms with Gasteiger partial charge >= 0.3 is 0 Å². The summed E-state index contributed by atoms with van der Waals surface area (Å²) in [5.74, 6) is 7.82. The van der Waals surface area contributed by atoms with E-state index >= 15 is 0 Å². The van der Waals surface area contributed by atoms with Gasteiger partial charge in [-0.1, -0.05) is 107 Å². The van der Waals surface area contributed by atoms with Crippen molar-refractivity contribution in [3.05, 3.63) is 23.3 Å². The maximum atomic E-state index is 3.26. The van der Waals surface area contributed by atoms with Crippen LogP contribution in [0.15, 0.2) is 23.3 Å². The molecule has 0 N–H and O–H groups in total. The number of nitrogens with zero attached hydrogens (tertiary/aromatic N) is 1. The van der Waals surface area contributed by atoms with Gasteiger partial charge < -0.3 is 0 Å². The lowest BCUT2D eigenvalue weighted by molar-refractivity contribution is 0.0143. The van der Waals surface area contributed by atoms with Gasteiger partial charge in [-0.05, 0) is 163 Å². The van der Waals surface area contributed by atoms with Crippen molar-refractivity contribution in [3.63, 3.8) is 0 Å². The minimum Gasteiger partial charge on any atom is -0.294 e. The average Bonchev–Trinajstić information content (AvgIpc) is 3.46. The highest BCUT2D eigenvalue weighted by Crippen LogP contribution is 2.57. The molecule has 0 aromatic heterocycles. The maximum Gasteiger partial charge on any atom is 0.0102 e. The van der Waals surface area contributed by atoms with Crippen LogP contribution in [-0.4, -0.2) is 23.0 Å². The Morgan fingerprint density at radius 1 is 0.383 bits per heavy atom. The molecule has 1 heteroatoms.